The van der Waals surface area contributed by atoms with E-state index < -0.39 is 0 Å². The molecule has 0 atom stereocenters. The van der Waals surface area contributed by atoms with E-state index in [9.17, 15) is 5.11 Å². The largest absolute Gasteiger partial charge is 0.492 e. The molecule has 0 bridgehead atoms. The molecule has 18 heavy (non-hydrogen) atoms. The third-order valence-electron chi connectivity index (χ3n) is 4.10. The van der Waals surface area contributed by atoms with Crippen LogP contribution in [0.5, 0.6) is 5.88 Å². The lowest BCUT2D eigenvalue weighted by molar-refractivity contribution is 0.443. The maximum absolute atomic E-state index is 9.72. The molecule has 0 amide bonds. The molecule has 3 rings (SSSR count). The number of nitrogens with one attached hydrogen (secondary N) is 1. The van der Waals surface area contributed by atoms with E-state index in [0.29, 0.717) is 0 Å². The highest BCUT2D eigenvalue weighted by atomic mass is 16.3. The van der Waals surface area contributed by atoms with E-state index in [1.165, 1.54) is 18.4 Å². The van der Waals surface area contributed by atoms with E-state index >= 15 is 0 Å². The van der Waals surface area contributed by atoms with Crippen LogP contribution in [0.1, 0.15) is 42.8 Å². The summed E-state index contributed by atoms with van der Waals surface area (Å²) in [5.74, 6) is 1.05. The van der Waals surface area contributed by atoms with Gasteiger partial charge in [0.1, 0.15) is 5.82 Å². The van der Waals surface area contributed by atoms with E-state index in [1.54, 1.807) is 0 Å². The van der Waals surface area contributed by atoms with Crippen molar-refractivity contribution in [3.05, 3.63) is 47.4 Å². The fraction of sp³-hybridized carbons (Fsp3) is 0.400. The average molecular weight is 242 g/mol. The molecule has 3 heteroatoms. The highest BCUT2D eigenvalue weighted by Crippen LogP contribution is 2.45. The van der Waals surface area contributed by atoms with Gasteiger partial charge in [-0.1, -0.05) is 43.2 Å². The van der Waals surface area contributed by atoms with Crippen molar-refractivity contribution in [2.45, 2.75) is 38.0 Å². The molecule has 1 aliphatic carbocycles. The summed E-state index contributed by atoms with van der Waals surface area (Å²) in [5, 5.41) is 9.72. The Kier molecular flexibility index (Phi) is 2.62. The van der Waals surface area contributed by atoms with Crippen LogP contribution < -0.4 is 0 Å². The number of nitrogens with zero attached hydrogens (tertiary/aromatic N) is 1. The summed E-state index contributed by atoms with van der Waals surface area (Å²) in [6.45, 7) is 1.86. The third kappa shape index (κ3) is 1.62. The molecule has 0 aliphatic heterocycles. The molecule has 1 heterocycles. The number of H-pyrrole nitrogens is 1. The van der Waals surface area contributed by atoms with Crippen molar-refractivity contribution in [3.8, 4) is 5.88 Å². The van der Waals surface area contributed by atoms with Crippen molar-refractivity contribution in [1.29, 1.82) is 0 Å². The normalized spacial score (nSPS) is 18.1. The van der Waals surface area contributed by atoms with Crippen molar-refractivity contribution < 1.29 is 5.11 Å². The lowest BCUT2D eigenvalue weighted by atomic mass is 9.78. The molecule has 0 radical (unpaired) electrons. The van der Waals surface area contributed by atoms with Gasteiger partial charge in [0, 0.05) is 0 Å². The fourth-order valence-electron chi connectivity index (χ4n) is 3.08. The summed E-state index contributed by atoms with van der Waals surface area (Å²) in [4.78, 5) is 7.61. The molecule has 3 nitrogen and oxygen atoms in total. The minimum atomic E-state index is -0.0347. The molecule has 0 saturated heterocycles. The number of aryl methyl sites for hydroxylation is 1. The number of rotatable bonds is 2. The molecular weight excluding hydrogens is 224 g/mol. The Morgan fingerprint density at radius 2 is 1.83 bits per heavy atom. The summed E-state index contributed by atoms with van der Waals surface area (Å²) in [7, 11) is 0. The van der Waals surface area contributed by atoms with Gasteiger partial charge in [0.05, 0.1) is 11.1 Å². The van der Waals surface area contributed by atoms with Crippen molar-refractivity contribution in [3.63, 3.8) is 0 Å². The van der Waals surface area contributed by atoms with Gasteiger partial charge in [-0.15, -0.1) is 0 Å². The van der Waals surface area contributed by atoms with Crippen LogP contribution in [0.3, 0.4) is 0 Å². The molecule has 1 aliphatic rings. The summed E-state index contributed by atoms with van der Waals surface area (Å²) in [6.07, 6.45) is 4.64. The molecule has 0 spiro atoms. The maximum atomic E-state index is 9.72. The summed E-state index contributed by atoms with van der Waals surface area (Å²) in [6, 6.07) is 10.5. The standard InChI is InChI=1S/C15H18N2O/c1-11-13(18)17-14(16-11)15(9-5-6-10-15)12-7-3-2-4-8-12/h2-4,7-8,18H,5-6,9-10H2,1H3,(H,16,17). The van der Waals surface area contributed by atoms with Gasteiger partial charge in [0.2, 0.25) is 5.88 Å². The summed E-state index contributed by atoms with van der Waals surface area (Å²) < 4.78 is 0. The van der Waals surface area contributed by atoms with Crippen molar-refractivity contribution in [1.82, 2.24) is 9.97 Å². The van der Waals surface area contributed by atoms with E-state index in [2.05, 4.69) is 34.2 Å². The van der Waals surface area contributed by atoms with E-state index in [-0.39, 0.29) is 11.3 Å². The first-order valence-electron chi connectivity index (χ1n) is 6.54. The zero-order valence-electron chi connectivity index (χ0n) is 10.6. The number of aromatic nitrogens is 2. The van der Waals surface area contributed by atoms with Crippen LogP contribution in [0.2, 0.25) is 0 Å². The van der Waals surface area contributed by atoms with Gasteiger partial charge in [-0.3, -0.25) is 0 Å². The van der Waals surface area contributed by atoms with Crippen LogP contribution in [0.25, 0.3) is 0 Å². The highest BCUT2D eigenvalue weighted by Gasteiger charge is 2.40. The van der Waals surface area contributed by atoms with Gasteiger partial charge < -0.3 is 10.1 Å². The van der Waals surface area contributed by atoms with Crippen molar-refractivity contribution in [2.75, 3.05) is 0 Å². The van der Waals surface area contributed by atoms with Gasteiger partial charge in [-0.25, -0.2) is 0 Å². The number of imidazole rings is 1. The Bertz CT molecular complexity index is 519. The van der Waals surface area contributed by atoms with Gasteiger partial charge in [0.25, 0.3) is 0 Å². The molecule has 1 fully saturated rings. The second kappa shape index (κ2) is 4.16. The predicted octanol–water partition coefficient (Wildman–Crippen LogP) is 3.28. The lowest BCUT2D eigenvalue weighted by Gasteiger charge is -2.27. The SMILES string of the molecule is Cc1[nH]c(C2(c3ccccc3)CCCC2)nc1O. The van der Waals surface area contributed by atoms with Crippen LogP contribution in [0, 0.1) is 6.92 Å². The molecule has 1 aromatic carbocycles. The molecule has 1 aromatic heterocycles. The molecular formula is C15H18N2O. The predicted molar refractivity (Wildman–Crippen MR) is 70.7 cm³/mol. The quantitative estimate of drug-likeness (QED) is 0.849. The van der Waals surface area contributed by atoms with E-state index in [4.69, 9.17) is 0 Å². The Morgan fingerprint density at radius 3 is 2.39 bits per heavy atom. The number of aromatic amines is 1. The van der Waals surface area contributed by atoms with Gasteiger partial charge in [-0.05, 0) is 25.3 Å². The smallest absolute Gasteiger partial charge is 0.232 e. The third-order valence-corrected chi connectivity index (χ3v) is 4.10. The van der Waals surface area contributed by atoms with Crippen LogP contribution >= 0.6 is 0 Å². The second-order valence-corrected chi connectivity index (χ2v) is 5.19. The average Bonchev–Trinajstić information content (AvgIpc) is 3.00. The van der Waals surface area contributed by atoms with Gasteiger partial charge in [-0.2, -0.15) is 4.98 Å². The topological polar surface area (TPSA) is 48.9 Å². The first kappa shape index (κ1) is 11.3. The monoisotopic (exact) mass is 242 g/mol. The maximum Gasteiger partial charge on any atom is 0.232 e. The van der Waals surface area contributed by atoms with Crippen LogP contribution in [-0.2, 0) is 5.41 Å². The Labute approximate surface area is 107 Å². The minimum Gasteiger partial charge on any atom is -0.492 e. The fourth-order valence-corrected chi connectivity index (χ4v) is 3.08. The molecule has 2 aromatic rings. The molecule has 1 saturated carbocycles. The zero-order valence-corrected chi connectivity index (χ0v) is 10.6. The van der Waals surface area contributed by atoms with Crippen LogP contribution in [0.4, 0.5) is 0 Å². The number of benzene rings is 1. The van der Waals surface area contributed by atoms with Gasteiger partial charge in [0.15, 0.2) is 0 Å². The minimum absolute atomic E-state index is 0.0347. The Morgan fingerprint density at radius 1 is 1.17 bits per heavy atom. The van der Waals surface area contributed by atoms with E-state index in [1.807, 2.05) is 13.0 Å². The lowest BCUT2D eigenvalue weighted by Crippen LogP contribution is -2.25. The highest BCUT2D eigenvalue weighted by molar-refractivity contribution is 5.36. The number of hydrogen-bond acceptors (Lipinski definition) is 2. The number of aromatic hydroxyl groups is 1. The zero-order chi connectivity index (χ0) is 12.6. The van der Waals surface area contributed by atoms with Crippen molar-refractivity contribution >= 4 is 0 Å². The Hall–Kier alpha value is -1.77. The first-order chi connectivity index (χ1) is 8.72. The van der Waals surface area contributed by atoms with Gasteiger partial charge >= 0.3 is 0 Å². The first-order valence-corrected chi connectivity index (χ1v) is 6.54. The van der Waals surface area contributed by atoms with Crippen LogP contribution in [-0.4, -0.2) is 15.1 Å². The van der Waals surface area contributed by atoms with Crippen LogP contribution in [0.15, 0.2) is 30.3 Å². The molecule has 2 N–H and O–H groups in total. The summed E-state index contributed by atoms with van der Waals surface area (Å²) >= 11 is 0. The summed E-state index contributed by atoms with van der Waals surface area (Å²) in [5.41, 5.74) is 2.02. The van der Waals surface area contributed by atoms with Crippen molar-refractivity contribution in [2.24, 2.45) is 0 Å². The Balaban J connectivity index is 2.12. The second-order valence-electron chi connectivity index (χ2n) is 5.19. The number of hydrogen-bond donors (Lipinski definition) is 2. The molecule has 94 valence electrons. The molecule has 0 unspecified atom stereocenters. The van der Waals surface area contributed by atoms with E-state index in [0.717, 1.165) is 24.4 Å².